The first-order valence-corrected chi connectivity index (χ1v) is 5.34. The average molecular weight is 256 g/mol. The van der Waals surface area contributed by atoms with Crippen molar-refractivity contribution >= 4 is 24.4 Å². The molecule has 1 unspecified atom stereocenters. The SMILES string of the molecule is NC(=O)OCC(S)Cc1ccc([N+](=O)[O-])cc1. The highest BCUT2D eigenvalue weighted by Gasteiger charge is 2.09. The molecule has 1 rings (SSSR count). The lowest BCUT2D eigenvalue weighted by Gasteiger charge is -2.09. The van der Waals surface area contributed by atoms with E-state index in [-0.39, 0.29) is 17.5 Å². The molecule has 1 aromatic carbocycles. The molecule has 7 heteroatoms. The number of carbonyl (C=O) groups is 1. The quantitative estimate of drug-likeness (QED) is 0.474. The summed E-state index contributed by atoms with van der Waals surface area (Å²) in [5.74, 6) is 0. The molecule has 0 aromatic heterocycles. The summed E-state index contributed by atoms with van der Waals surface area (Å²) >= 11 is 4.22. The maximum atomic E-state index is 10.4. The summed E-state index contributed by atoms with van der Waals surface area (Å²) in [6.45, 7) is 0.107. The number of carbonyl (C=O) groups excluding carboxylic acids is 1. The fourth-order valence-corrected chi connectivity index (χ4v) is 1.55. The molecule has 1 amide bonds. The molecule has 0 spiro atoms. The predicted molar refractivity (Wildman–Crippen MR) is 65.1 cm³/mol. The van der Waals surface area contributed by atoms with Crippen LogP contribution in [0.15, 0.2) is 24.3 Å². The van der Waals surface area contributed by atoms with Crippen molar-refractivity contribution in [1.82, 2.24) is 0 Å². The molecule has 17 heavy (non-hydrogen) atoms. The highest BCUT2D eigenvalue weighted by molar-refractivity contribution is 7.81. The van der Waals surface area contributed by atoms with Crippen LogP contribution in [0, 0.1) is 10.1 Å². The summed E-state index contributed by atoms with van der Waals surface area (Å²) in [6.07, 6.45) is -0.304. The zero-order chi connectivity index (χ0) is 12.8. The number of hydrogen-bond donors (Lipinski definition) is 2. The van der Waals surface area contributed by atoms with Gasteiger partial charge in [0.15, 0.2) is 0 Å². The summed E-state index contributed by atoms with van der Waals surface area (Å²) in [6, 6.07) is 6.13. The number of ether oxygens (including phenoxy) is 1. The summed E-state index contributed by atoms with van der Waals surface area (Å²) in [5, 5.41) is 10.2. The summed E-state index contributed by atoms with van der Waals surface area (Å²) in [5.41, 5.74) is 5.74. The van der Waals surface area contributed by atoms with Gasteiger partial charge < -0.3 is 10.5 Å². The molecule has 2 N–H and O–H groups in total. The minimum atomic E-state index is -0.840. The van der Waals surface area contributed by atoms with E-state index in [1.807, 2.05) is 0 Å². The number of non-ortho nitro benzene ring substituents is 1. The lowest BCUT2D eigenvalue weighted by atomic mass is 10.1. The molecule has 0 heterocycles. The molecule has 0 aliphatic carbocycles. The molecule has 0 saturated carbocycles. The Kier molecular flexibility index (Phi) is 4.77. The maximum absolute atomic E-state index is 10.4. The zero-order valence-corrected chi connectivity index (χ0v) is 9.80. The molecule has 0 aliphatic rings. The number of nitro groups is 1. The van der Waals surface area contributed by atoms with Gasteiger partial charge in [-0.3, -0.25) is 10.1 Å². The van der Waals surface area contributed by atoms with Crippen molar-refractivity contribution in [3.63, 3.8) is 0 Å². The number of hydrogen-bond acceptors (Lipinski definition) is 5. The van der Waals surface area contributed by atoms with Crippen molar-refractivity contribution in [2.45, 2.75) is 11.7 Å². The van der Waals surface area contributed by atoms with Crippen LogP contribution in [0.3, 0.4) is 0 Å². The van der Waals surface area contributed by atoms with Gasteiger partial charge in [-0.1, -0.05) is 12.1 Å². The van der Waals surface area contributed by atoms with E-state index in [1.54, 1.807) is 12.1 Å². The average Bonchev–Trinajstić information content (AvgIpc) is 2.27. The van der Waals surface area contributed by atoms with E-state index in [4.69, 9.17) is 5.73 Å². The van der Waals surface area contributed by atoms with Gasteiger partial charge in [0.2, 0.25) is 0 Å². The molecular weight excluding hydrogens is 244 g/mol. The van der Waals surface area contributed by atoms with Crippen LogP contribution < -0.4 is 5.73 Å². The number of thiol groups is 1. The number of nitrogens with two attached hydrogens (primary N) is 1. The normalized spacial score (nSPS) is 11.8. The Morgan fingerprint density at radius 3 is 2.53 bits per heavy atom. The summed E-state index contributed by atoms with van der Waals surface area (Å²) in [4.78, 5) is 20.3. The van der Waals surface area contributed by atoms with E-state index in [0.717, 1.165) is 5.56 Å². The van der Waals surface area contributed by atoms with E-state index < -0.39 is 11.0 Å². The third kappa shape index (κ3) is 4.73. The van der Waals surface area contributed by atoms with Crippen LogP contribution in [0.25, 0.3) is 0 Å². The largest absolute Gasteiger partial charge is 0.449 e. The Morgan fingerprint density at radius 2 is 2.06 bits per heavy atom. The van der Waals surface area contributed by atoms with Crippen molar-refractivity contribution < 1.29 is 14.5 Å². The van der Waals surface area contributed by atoms with Gasteiger partial charge in [-0.25, -0.2) is 4.79 Å². The molecule has 0 aliphatic heterocycles. The lowest BCUT2D eigenvalue weighted by molar-refractivity contribution is -0.384. The van der Waals surface area contributed by atoms with E-state index in [1.165, 1.54) is 12.1 Å². The van der Waals surface area contributed by atoms with Gasteiger partial charge in [0.05, 0.1) is 4.92 Å². The predicted octanol–water partition coefficient (Wildman–Crippen LogP) is 1.53. The van der Waals surface area contributed by atoms with E-state index in [2.05, 4.69) is 17.4 Å². The second kappa shape index (κ2) is 6.09. The second-order valence-electron chi connectivity index (χ2n) is 3.41. The van der Waals surface area contributed by atoms with Gasteiger partial charge in [0, 0.05) is 17.4 Å². The Bertz CT molecular complexity index is 407. The molecule has 1 atom stereocenters. The monoisotopic (exact) mass is 256 g/mol. The Labute approximate surface area is 103 Å². The van der Waals surface area contributed by atoms with Gasteiger partial charge in [0.25, 0.3) is 5.69 Å². The molecule has 0 fully saturated rings. The van der Waals surface area contributed by atoms with Crippen LogP contribution in [0.4, 0.5) is 10.5 Å². The standard InChI is InChI=1S/C10H12N2O4S/c11-10(13)16-6-9(17)5-7-1-3-8(4-2-7)12(14)15/h1-4,9,17H,5-6H2,(H2,11,13). The van der Waals surface area contributed by atoms with Crippen molar-refractivity contribution in [3.8, 4) is 0 Å². The van der Waals surface area contributed by atoms with Gasteiger partial charge >= 0.3 is 6.09 Å². The fourth-order valence-electron chi connectivity index (χ4n) is 1.26. The molecule has 0 bridgehead atoms. The highest BCUT2D eigenvalue weighted by Crippen LogP contribution is 2.14. The maximum Gasteiger partial charge on any atom is 0.404 e. The van der Waals surface area contributed by atoms with Crippen LogP contribution in [0.5, 0.6) is 0 Å². The van der Waals surface area contributed by atoms with Gasteiger partial charge in [-0.15, -0.1) is 0 Å². The van der Waals surface area contributed by atoms with Crippen LogP contribution in [0.2, 0.25) is 0 Å². The van der Waals surface area contributed by atoms with Gasteiger partial charge in [-0.2, -0.15) is 12.6 Å². The van der Waals surface area contributed by atoms with Gasteiger partial charge in [0.1, 0.15) is 6.61 Å². The number of benzene rings is 1. The van der Waals surface area contributed by atoms with Crippen LogP contribution in [0.1, 0.15) is 5.56 Å². The molecule has 0 radical (unpaired) electrons. The van der Waals surface area contributed by atoms with Crippen molar-refractivity contribution in [2.24, 2.45) is 5.73 Å². The third-order valence-corrected chi connectivity index (χ3v) is 2.37. The minimum Gasteiger partial charge on any atom is -0.449 e. The third-order valence-electron chi connectivity index (χ3n) is 2.04. The van der Waals surface area contributed by atoms with Crippen LogP contribution in [-0.2, 0) is 11.2 Å². The van der Waals surface area contributed by atoms with Crippen LogP contribution >= 0.6 is 12.6 Å². The zero-order valence-electron chi connectivity index (χ0n) is 8.91. The van der Waals surface area contributed by atoms with Gasteiger partial charge in [-0.05, 0) is 12.0 Å². The van der Waals surface area contributed by atoms with E-state index in [9.17, 15) is 14.9 Å². The number of nitro benzene ring substituents is 1. The second-order valence-corrected chi connectivity index (χ2v) is 4.14. The molecule has 0 saturated heterocycles. The Hall–Kier alpha value is -1.76. The highest BCUT2D eigenvalue weighted by atomic mass is 32.1. The Morgan fingerprint density at radius 1 is 1.47 bits per heavy atom. The smallest absolute Gasteiger partial charge is 0.404 e. The van der Waals surface area contributed by atoms with Crippen molar-refractivity contribution in [3.05, 3.63) is 39.9 Å². The van der Waals surface area contributed by atoms with E-state index >= 15 is 0 Å². The number of rotatable bonds is 5. The topological polar surface area (TPSA) is 95.5 Å². The van der Waals surface area contributed by atoms with Crippen LogP contribution in [-0.4, -0.2) is 22.9 Å². The lowest BCUT2D eigenvalue weighted by Crippen LogP contribution is -2.20. The minimum absolute atomic E-state index is 0.0397. The molecular formula is C10H12N2O4S. The fraction of sp³-hybridized carbons (Fsp3) is 0.300. The van der Waals surface area contributed by atoms with E-state index in [0.29, 0.717) is 6.42 Å². The first kappa shape index (κ1) is 13.3. The molecule has 92 valence electrons. The van der Waals surface area contributed by atoms with Crippen molar-refractivity contribution in [2.75, 3.05) is 6.61 Å². The number of amides is 1. The number of primary amides is 1. The summed E-state index contributed by atoms with van der Waals surface area (Å²) in [7, 11) is 0. The first-order chi connectivity index (χ1) is 7.99. The van der Waals surface area contributed by atoms with Crippen molar-refractivity contribution in [1.29, 1.82) is 0 Å². The molecule has 6 nitrogen and oxygen atoms in total. The molecule has 1 aromatic rings. The number of nitrogens with zero attached hydrogens (tertiary/aromatic N) is 1. The first-order valence-electron chi connectivity index (χ1n) is 4.82. The summed E-state index contributed by atoms with van der Waals surface area (Å²) < 4.78 is 4.59. The Balaban J connectivity index is 2.51.